The zero-order chi connectivity index (χ0) is 14.2. The van der Waals surface area contributed by atoms with Gasteiger partial charge >= 0.3 is 0 Å². The van der Waals surface area contributed by atoms with E-state index in [-0.39, 0.29) is 0 Å². The van der Waals surface area contributed by atoms with Crippen LogP contribution in [0.3, 0.4) is 0 Å². The average Bonchev–Trinajstić information content (AvgIpc) is 2.47. The molecule has 2 rings (SSSR count). The van der Waals surface area contributed by atoms with Gasteiger partial charge in [-0.15, -0.1) is 0 Å². The van der Waals surface area contributed by atoms with E-state index < -0.39 is 0 Å². The van der Waals surface area contributed by atoms with Crippen molar-refractivity contribution in [1.82, 2.24) is 9.97 Å². The third-order valence-corrected chi connectivity index (χ3v) is 2.89. The van der Waals surface area contributed by atoms with Crippen LogP contribution in [0.1, 0.15) is 24.9 Å². The second-order valence-corrected chi connectivity index (χ2v) is 4.59. The van der Waals surface area contributed by atoms with Crippen LogP contribution in [0.25, 0.3) is 0 Å². The third kappa shape index (κ3) is 4.53. The average molecular weight is 271 g/mol. The van der Waals surface area contributed by atoms with Crippen molar-refractivity contribution in [1.29, 1.82) is 0 Å². The van der Waals surface area contributed by atoms with Crippen molar-refractivity contribution in [2.75, 3.05) is 18.5 Å². The van der Waals surface area contributed by atoms with E-state index >= 15 is 0 Å². The largest absolute Gasteiger partial charge is 0.494 e. The lowest BCUT2D eigenvalue weighted by molar-refractivity contribution is 0.315. The van der Waals surface area contributed by atoms with E-state index in [1.54, 1.807) is 0 Å². The maximum absolute atomic E-state index is 5.64. The van der Waals surface area contributed by atoms with Crippen LogP contribution in [0.15, 0.2) is 36.4 Å². The molecular weight excluding hydrogens is 250 g/mol. The van der Waals surface area contributed by atoms with Crippen molar-refractivity contribution in [3.05, 3.63) is 47.9 Å². The van der Waals surface area contributed by atoms with Crippen molar-refractivity contribution in [2.24, 2.45) is 0 Å². The summed E-state index contributed by atoms with van der Waals surface area (Å²) in [7, 11) is 0. The molecule has 0 saturated heterocycles. The highest BCUT2D eigenvalue weighted by Crippen LogP contribution is 2.09. The Bertz CT molecular complexity index is 529. The lowest BCUT2D eigenvalue weighted by atomic mass is 10.3. The molecule has 0 aliphatic carbocycles. The summed E-state index contributed by atoms with van der Waals surface area (Å²) in [6, 6.07) is 11.9. The van der Waals surface area contributed by atoms with Gasteiger partial charge in [0.15, 0.2) is 0 Å². The highest BCUT2D eigenvalue weighted by Gasteiger charge is 2.00. The Hall–Kier alpha value is -2.10. The van der Waals surface area contributed by atoms with Gasteiger partial charge in [-0.05, 0) is 31.9 Å². The summed E-state index contributed by atoms with van der Waals surface area (Å²) < 4.78 is 5.64. The smallest absolute Gasteiger partial charge is 0.129 e. The Morgan fingerprint density at radius 1 is 1.15 bits per heavy atom. The molecular formula is C16H21N3O. The topological polar surface area (TPSA) is 47.0 Å². The molecule has 0 amide bonds. The minimum Gasteiger partial charge on any atom is -0.494 e. The first-order valence-corrected chi connectivity index (χ1v) is 7.04. The summed E-state index contributed by atoms with van der Waals surface area (Å²) in [4.78, 5) is 8.74. The van der Waals surface area contributed by atoms with E-state index in [9.17, 15) is 0 Å². The van der Waals surface area contributed by atoms with Gasteiger partial charge < -0.3 is 10.1 Å². The summed E-state index contributed by atoms with van der Waals surface area (Å²) >= 11 is 0. The van der Waals surface area contributed by atoms with Crippen molar-refractivity contribution in [3.8, 4) is 5.75 Å². The fourth-order valence-electron chi connectivity index (χ4n) is 1.90. The summed E-state index contributed by atoms with van der Waals surface area (Å²) in [6.07, 6.45) is 1.86. The van der Waals surface area contributed by atoms with Gasteiger partial charge in [0.25, 0.3) is 0 Å². The molecule has 0 spiro atoms. The summed E-state index contributed by atoms with van der Waals surface area (Å²) in [5, 5.41) is 3.32. The predicted molar refractivity (Wildman–Crippen MR) is 81.2 cm³/mol. The van der Waals surface area contributed by atoms with Crippen molar-refractivity contribution in [2.45, 2.75) is 26.7 Å². The van der Waals surface area contributed by atoms with Crippen LogP contribution in [0.2, 0.25) is 0 Å². The Kier molecular flexibility index (Phi) is 5.35. The molecule has 1 aromatic heterocycles. The first-order chi connectivity index (χ1) is 9.78. The van der Waals surface area contributed by atoms with Crippen LogP contribution >= 0.6 is 0 Å². The molecule has 0 radical (unpaired) electrons. The quantitative estimate of drug-likeness (QED) is 0.785. The Morgan fingerprint density at radius 3 is 2.70 bits per heavy atom. The van der Waals surface area contributed by atoms with Crippen LogP contribution in [-0.4, -0.2) is 23.1 Å². The minimum atomic E-state index is 0.696. The first kappa shape index (κ1) is 14.3. The van der Waals surface area contributed by atoms with Crippen molar-refractivity contribution >= 4 is 5.82 Å². The SMILES string of the molecule is CCc1cc(NCCCOc2ccccc2)nc(C)n1. The lowest BCUT2D eigenvalue weighted by Crippen LogP contribution is -2.09. The molecule has 4 heteroatoms. The molecule has 2 aromatic rings. The van der Waals surface area contributed by atoms with E-state index in [1.807, 2.05) is 43.3 Å². The number of ether oxygens (including phenoxy) is 1. The molecule has 1 N–H and O–H groups in total. The van der Waals surface area contributed by atoms with Gasteiger partial charge in [-0.1, -0.05) is 25.1 Å². The summed E-state index contributed by atoms with van der Waals surface area (Å²) in [6.45, 7) is 5.55. The van der Waals surface area contributed by atoms with Gasteiger partial charge in [0.2, 0.25) is 0 Å². The Balaban J connectivity index is 1.72. The number of nitrogens with zero attached hydrogens (tertiary/aromatic N) is 2. The zero-order valence-electron chi connectivity index (χ0n) is 12.1. The molecule has 0 bridgehead atoms. The minimum absolute atomic E-state index is 0.696. The van der Waals surface area contributed by atoms with Crippen molar-refractivity contribution in [3.63, 3.8) is 0 Å². The molecule has 1 heterocycles. The first-order valence-electron chi connectivity index (χ1n) is 7.04. The van der Waals surface area contributed by atoms with E-state index in [2.05, 4.69) is 22.2 Å². The molecule has 0 aliphatic heterocycles. The maximum atomic E-state index is 5.64. The van der Waals surface area contributed by atoms with Gasteiger partial charge in [-0.2, -0.15) is 0 Å². The van der Waals surface area contributed by atoms with E-state index in [4.69, 9.17) is 4.74 Å². The number of hydrogen-bond acceptors (Lipinski definition) is 4. The Labute approximate surface area is 120 Å². The molecule has 106 valence electrons. The second kappa shape index (κ2) is 7.48. The fraction of sp³-hybridized carbons (Fsp3) is 0.375. The lowest BCUT2D eigenvalue weighted by Gasteiger charge is -2.09. The van der Waals surface area contributed by atoms with Crippen LogP contribution in [-0.2, 0) is 6.42 Å². The van der Waals surface area contributed by atoms with Crippen LogP contribution in [0.5, 0.6) is 5.75 Å². The van der Waals surface area contributed by atoms with Gasteiger partial charge in [-0.25, -0.2) is 9.97 Å². The van der Waals surface area contributed by atoms with Crippen LogP contribution in [0, 0.1) is 6.92 Å². The molecule has 0 unspecified atom stereocenters. The highest BCUT2D eigenvalue weighted by atomic mass is 16.5. The van der Waals surface area contributed by atoms with Crippen LogP contribution in [0.4, 0.5) is 5.82 Å². The van der Waals surface area contributed by atoms with E-state index in [0.29, 0.717) is 6.61 Å². The number of rotatable bonds is 7. The van der Waals surface area contributed by atoms with Crippen molar-refractivity contribution < 1.29 is 4.74 Å². The molecule has 4 nitrogen and oxygen atoms in total. The number of nitrogens with one attached hydrogen (secondary N) is 1. The van der Waals surface area contributed by atoms with E-state index in [1.165, 1.54) is 0 Å². The second-order valence-electron chi connectivity index (χ2n) is 4.59. The number of aryl methyl sites for hydroxylation is 2. The standard InChI is InChI=1S/C16H21N3O/c1-3-14-12-16(19-13(2)18-14)17-10-7-11-20-15-8-5-4-6-9-15/h4-6,8-9,12H,3,7,10-11H2,1-2H3,(H,17,18,19). The number of anilines is 1. The number of hydrogen-bond donors (Lipinski definition) is 1. The molecule has 0 atom stereocenters. The van der Waals surface area contributed by atoms with Gasteiger partial charge in [-0.3, -0.25) is 0 Å². The number of benzene rings is 1. The van der Waals surface area contributed by atoms with Gasteiger partial charge in [0.05, 0.1) is 6.61 Å². The highest BCUT2D eigenvalue weighted by molar-refractivity contribution is 5.35. The van der Waals surface area contributed by atoms with Gasteiger partial charge in [0.1, 0.15) is 17.4 Å². The molecule has 1 aromatic carbocycles. The fourth-order valence-corrected chi connectivity index (χ4v) is 1.90. The third-order valence-electron chi connectivity index (χ3n) is 2.89. The maximum Gasteiger partial charge on any atom is 0.129 e. The summed E-state index contributed by atoms with van der Waals surface area (Å²) in [5.74, 6) is 2.63. The molecule has 0 saturated carbocycles. The summed E-state index contributed by atoms with van der Waals surface area (Å²) in [5.41, 5.74) is 1.07. The molecule has 0 aliphatic rings. The zero-order valence-corrected chi connectivity index (χ0v) is 12.1. The number of para-hydroxylation sites is 1. The number of aromatic nitrogens is 2. The van der Waals surface area contributed by atoms with E-state index in [0.717, 1.165) is 42.5 Å². The predicted octanol–water partition coefficient (Wildman–Crippen LogP) is 3.23. The normalized spacial score (nSPS) is 10.3. The Morgan fingerprint density at radius 2 is 1.95 bits per heavy atom. The molecule has 20 heavy (non-hydrogen) atoms. The van der Waals surface area contributed by atoms with Crippen LogP contribution < -0.4 is 10.1 Å². The molecule has 0 fully saturated rings. The monoisotopic (exact) mass is 271 g/mol. The van der Waals surface area contributed by atoms with Gasteiger partial charge in [0, 0.05) is 18.3 Å².